The van der Waals surface area contributed by atoms with Gasteiger partial charge in [0.05, 0.1) is 18.9 Å². The molecule has 4 heteroatoms. The number of rotatable bonds is 6. The third-order valence-electron chi connectivity index (χ3n) is 3.83. The second kappa shape index (κ2) is 8.06. The second-order valence-electron chi connectivity index (χ2n) is 5.57. The van der Waals surface area contributed by atoms with Crippen molar-refractivity contribution in [1.82, 2.24) is 5.32 Å². The number of hydrogen-bond acceptors (Lipinski definition) is 3. The molecule has 1 atom stereocenters. The monoisotopic (exact) mass is 329 g/mol. The van der Waals surface area contributed by atoms with Crippen LogP contribution >= 0.6 is 11.8 Å². The molecule has 0 saturated carbocycles. The summed E-state index contributed by atoms with van der Waals surface area (Å²) in [5.41, 5.74) is 3.50. The third-order valence-corrected chi connectivity index (χ3v) is 4.83. The van der Waals surface area contributed by atoms with E-state index in [9.17, 15) is 4.79 Å². The van der Waals surface area contributed by atoms with E-state index < -0.39 is 0 Å². The molecular formula is C19H23NO2S. The topological polar surface area (TPSA) is 38.3 Å². The number of thioether (sulfide) groups is 1. The van der Waals surface area contributed by atoms with Crippen molar-refractivity contribution in [1.29, 1.82) is 0 Å². The quantitative estimate of drug-likeness (QED) is 0.804. The summed E-state index contributed by atoms with van der Waals surface area (Å²) in [6.07, 6.45) is 0. The summed E-state index contributed by atoms with van der Waals surface area (Å²) < 4.78 is 5.35. The van der Waals surface area contributed by atoms with Crippen LogP contribution in [0.3, 0.4) is 0 Å². The fourth-order valence-electron chi connectivity index (χ4n) is 2.34. The fourth-order valence-corrected chi connectivity index (χ4v) is 3.14. The summed E-state index contributed by atoms with van der Waals surface area (Å²) in [5, 5.41) is 3.03. The van der Waals surface area contributed by atoms with Crippen molar-refractivity contribution >= 4 is 17.7 Å². The van der Waals surface area contributed by atoms with E-state index in [0.717, 1.165) is 16.2 Å². The minimum Gasteiger partial charge on any atom is -0.496 e. The average molecular weight is 329 g/mol. The molecule has 2 rings (SSSR count). The van der Waals surface area contributed by atoms with Crippen LogP contribution in [0.15, 0.2) is 47.4 Å². The lowest BCUT2D eigenvalue weighted by molar-refractivity contribution is -0.119. The maximum atomic E-state index is 12.2. The van der Waals surface area contributed by atoms with Crippen LogP contribution in [0.2, 0.25) is 0 Å². The molecule has 0 saturated heterocycles. The standard InChI is InChI=1S/C19H23NO2S/c1-13-9-10-16(11-14(13)2)23-12-19(21)20-15(3)17-7-5-6-8-18(17)22-4/h5-11,15H,12H2,1-4H3,(H,20,21). The predicted octanol–water partition coefficient (Wildman–Crippen LogP) is 4.28. The summed E-state index contributed by atoms with van der Waals surface area (Å²) in [5.74, 6) is 1.22. The number of ether oxygens (including phenoxy) is 1. The Labute approximate surface area is 142 Å². The fraction of sp³-hybridized carbons (Fsp3) is 0.316. The number of para-hydroxylation sites is 1. The van der Waals surface area contributed by atoms with E-state index in [2.05, 4.69) is 37.4 Å². The van der Waals surface area contributed by atoms with E-state index in [0.29, 0.717) is 5.75 Å². The van der Waals surface area contributed by atoms with Crippen molar-refractivity contribution in [3.63, 3.8) is 0 Å². The number of aryl methyl sites for hydroxylation is 2. The first-order chi connectivity index (χ1) is 11.0. The van der Waals surface area contributed by atoms with Crippen molar-refractivity contribution in [2.24, 2.45) is 0 Å². The van der Waals surface area contributed by atoms with Crippen molar-refractivity contribution in [2.45, 2.75) is 31.7 Å². The van der Waals surface area contributed by atoms with E-state index in [4.69, 9.17) is 4.74 Å². The van der Waals surface area contributed by atoms with Crippen LogP contribution in [0.4, 0.5) is 0 Å². The molecule has 0 aliphatic heterocycles. The molecule has 0 aromatic heterocycles. The van der Waals surface area contributed by atoms with Gasteiger partial charge in [0.25, 0.3) is 0 Å². The Bertz CT molecular complexity index is 685. The zero-order chi connectivity index (χ0) is 16.8. The van der Waals surface area contributed by atoms with E-state index in [1.807, 2.05) is 31.2 Å². The average Bonchev–Trinajstić information content (AvgIpc) is 2.55. The Balaban J connectivity index is 1.92. The number of nitrogens with one attached hydrogen (secondary N) is 1. The Kier molecular flexibility index (Phi) is 6.11. The first kappa shape index (κ1) is 17.4. The second-order valence-corrected chi connectivity index (χ2v) is 6.61. The Morgan fingerprint density at radius 1 is 1.17 bits per heavy atom. The maximum Gasteiger partial charge on any atom is 0.230 e. The minimum atomic E-state index is -0.0843. The Morgan fingerprint density at radius 2 is 1.91 bits per heavy atom. The molecule has 1 amide bonds. The highest BCUT2D eigenvalue weighted by atomic mass is 32.2. The van der Waals surface area contributed by atoms with Crippen LogP contribution in [0.1, 0.15) is 29.7 Å². The molecule has 0 bridgehead atoms. The van der Waals surface area contributed by atoms with E-state index in [-0.39, 0.29) is 11.9 Å². The highest BCUT2D eigenvalue weighted by Crippen LogP contribution is 2.25. The SMILES string of the molecule is COc1ccccc1C(C)NC(=O)CSc1ccc(C)c(C)c1. The van der Waals surface area contributed by atoms with Gasteiger partial charge in [-0.15, -0.1) is 11.8 Å². The number of benzene rings is 2. The molecule has 0 spiro atoms. The lowest BCUT2D eigenvalue weighted by atomic mass is 10.1. The maximum absolute atomic E-state index is 12.2. The van der Waals surface area contributed by atoms with Gasteiger partial charge in [-0.1, -0.05) is 24.3 Å². The highest BCUT2D eigenvalue weighted by molar-refractivity contribution is 8.00. The molecule has 1 N–H and O–H groups in total. The van der Waals surface area contributed by atoms with E-state index >= 15 is 0 Å². The molecule has 2 aromatic rings. The van der Waals surface area contributed by atoms with Crippen molar-refractivity contribution < 1.29 is 9.53 Å². The number of carbonyl (C=O) groups is 1. The summed E-state index contributed by atoms with van der Waals surface area (Å²) in [4.78, 5) is 13.3. The summed E-state index contributed by atoms with van der Waals surface area (Å²) in [6, 6.07) is 13.9. The lowest BCUT2D eigenvalue weighted by Crippen LogP contribution is -2.28. The predicted molar refractivity (Wildman–Crippen MR) is 96.2 cm³/mol. The van der Waals surface area contributed by atoms with E-state index in [1.165, 1.54) is 11.1 Å². The van der Waals surface area contributed by atoms with Crippen molar-refractivity contribution in [3.05, 3.63) is 59.2 Å². The van der Waals surface area contributed by atoms with Crippen LogP contribution in [0.25, 0.3) is 0 Å². The number of methoxy groups -OCH3 is 1. The molecule has 1 unspecified atom stereocenters. The van der Waals surface area contributed by atoms with Gasteiger partial charge in [0.1, 0.15) is 5.75 Å². The first-order valence-electron chi connectivity index (χ1n) is 7.63. The number of carbonyl (C=O) groups excluding carboxylic acids is 1. The molecule has 0 heterocycles. The smallest absolute Gasteiger partial charge is 0.230 e. The van der Waals surface area contributed by atoms with Gasteiger partial charge in [0.2, 0.25) is 5.91 Å². The third kappa shape index (κ3) is 4.76. The molecule has 122 valence electrons. The van der Waals surface area contributed by atoms with Crippen LogP contribution < -0.4 is 10.1 Å². The van der Waals surface area contributed by atoms with Gasteiger partial charge in [-0.2, -0.15) is 0 Å². The molecule has 0 radical (unpaired) electrons. The minimum absolute atomic E-state index is 0.0200. The summed E-state index contributed by atoms with van der Waals surface area (Å²) in [6.45, 7) is 6.14. The van der Waals surface area contributed by atoms with Gasteiger partial charge in [0.15, 0.2) is 0 Å². The van der Waals surface area contributed by atoms with Gasteiger partial charge >= 0.3 is 0 Å². The van der Waals surface area contributed by atoms with Gasteiger partial charge in [-0.3, -0.25) is 4.79 Å². The summed E-state index contributed by atoms with van der Waals surface area (Å²) >= 11 is 1.56. The van der Waals surface area contributed by atoms with Crippen LogP contribution in [-0.2, 0) is 4.79 Å². The van der Waals surface area contributed by atoms with Gasteiger partial charge in [-0.25, -0.2) is 0 Å². The Morgan fingerprint density at radius 3 is 2.61 bits per heavy atom. The van der Waals surface area contributed by atoms with Crippen LogP contribution in [0.5, 0.6) is 5.75 Å². The molecular weight excluding hydrogens is 306 g/mol. The number of hydrogen-bond donors (Lipinski definition) is 1. The normalized spacial score (nSPS) is 11.8. The number of amides is 1. The van der Waals surface area contributed by atoms with Crippen LogP contribution in [-0.4, -0.2) is 18.8 Å². The first-order valence-corrected chi connectivity index (χ1v) is 8.62. The molecule has 23 heavy (non-hydrogen) atoms. The van der Waals surface area contributed by atoms with Gasteiger partial charge in [-0.05, 0) is 50.1 Å². The highest BCUT2D eigenvalue weighted by Gasteiger charge is 2.13. The largest absolute Gasteiger partial charge is 0.496 e. The molecule has 2 aromatic carbocycles. The lowest BCUT2D eigenvalue weighted by Gasteiger charge is -2.17. The zero-order valence-corrected chi connectivity index (χ0v) is 14.9. The van der Waals surface area contributed by atoms with E-state index in [1.54, 1.807) is 18.9 Å². The van der Waals surface area contributed by atoms with Crippen LogP contribution in [0, 0.1) is 13.8 Å². The summed E-state index contributed by atoms with van der Waals surface area (Å²) in [7, 11) is 1.64. The molecule has 3 nitrogen and oxygen atoms in total. The molecule has 0 aliphatic carbocycles. The Hall–Kier alpha value is -1.94. The molecule has 0 aliphatic rings. The molecule has 0 fully saturated rings. The van der Waals surface area contributed by atoms with Gasteiger partial charge < -0.3 is 10.1 Å². The van der Waals surface area contributed by atoms with Crippen molar-refractivity contribution in [2.75, 3.05) is 12.9 Å². The van der Waals surface area contributed by atoms with Crippen molar-refractivity contribution in [3.8, 4) is 5.75 Å². The van der Waals surface area contributed by atoms with Gasteiger partial charge in [0, 0.05) is 10.5 Å². The zero-order valence-electron chi connectivity index (χ0n) is 14.1.